The van der Waals surface area contributed by atoms with Gasteiger partial charge in [-0.25, -0.2) is 4.79 Å². The third-order valence-corrected chi connectivity index (χ3v) is 11.3. The molecule has 3 aromatic rings. The summed E-state index contributed by atoms with van der Waals surface area (Å²) in [7, 11) is 0. The lowest BCUT2D eigenvalue weighted by molar-refractivity contribution is -0.154. The molecule has 6 atom stereocenters. The van der Waals surface area contributed by atoms with Crippen LogP contribution in [0.25, 0.3) is 0 Å². The largest absolute Gasteiger partial charge is 0.445 e. The predicted octanol–water partition coefficient (Wildman–Crippen LogP) is 5.15. The van der Waals surface area contributed by atoms with E-state index in [2.05, 4.69) is 16.0 Å². The van der Waals surface area contributed by atoms with Gasteiger partial charge in [-0.1, -0.05) is 120 Å². The Labute approximate surface area is 364 Å². The van der Waals surface area contributed by atoms with Gasteiger partial charge >= 0.3 is 6.09 Å². The molecule has 0 bridgehead atoms. The van der Waals surface area contributed by atoms with E-state index in [4.69, 9.17) is 16.2 Å². The summed E-state index contributed by atoms with van der Waals surface area (Å²) in [6, 6.07) is 16.6. The molecule has 0 unspecified atom stereocenters. The number of thiophene rings is 1. The van der Waals surface area contributed by atoms with E-state index in [0.717, 1.165) is 41.0 Å². The van der Waals surface area contributed by atoms with Gasteiger partial charge in [-0.05, 0) is 60.2 Å². The number of ether oxygens (including phenoxy) is 1. The molecule has 0 aliphatic rings. The Bertz CT molecular complexity index is 1800. The standard InChI is InChI=1S/C46H66N6O8S/c1-5-32(4)42(43(56)51-40(54)23-15-7-6-8-16-24-47)50-41(55)29-39(53)38(26-31(2)3)52(44(57)36(48)28-35-22-17-25-61-35)45(58)37(27-33-18-11-9-12-19-33)49-46(59)60-30-34-20-13-10-14-21-34/h9-14,17-22,25,31-32,36-39,42,53H,5-8,15-16,23-24,26-30,47-48H2,1-4H3,(H,49,59)(H,50,55)(H,51,54,56)/t32-,36-,37-,38-,39-,42-/m0/s1. The van der Waals surface area contributed by atoms with Crippen LogP contribution in [0.4, 0.5) is 4.79 Å². The topological polar surface area (TPSA) is 223 Å². The lowest BCUT2D eigenvalue weighted by atomic mass is 9.92. The molecule has 61 heavy (non-hydrogen) atoms. The van der Waals surface area contributed by atoms with E-state index in [0.29, 0.717) is 24.9 Å². The zero-order chi connectivity index (χ0) is 44.7. The number of unbranched alkanes of at least 4 members (excludes halogenated alkanes) is 4. The highest BCUT2D eigenvalue weighted by Crippen LogP contribution is 2.23. The zero-order valence-electron chi connectivity index (χ0n) is 36.1. The molecule has 0 aliphatic heterocycles. The normalized spacial score (nSPS) is 14.2. The molecule has 6 amide bonds. The molecule has 1 aromatic heterocycles. The zero-order valence-corrected chi connectivity index (χ0v) is 36.9. The molecule has 0 aliphatic carbocycles. The van der Waals surface area contributed by atoms with Crippen LogP contribution < -0.4 is 27.4 Å². The summed E-state index contributed by atoms with van der Waals surface area (Å²) in [6.07, 6.45) is 1.93. The number of alkyl carbamates (subject to hydrolysis) is 1. The Morgan fingerprint density at radius 3 is 2.03 bits per heavy atom. The molecule has 1 heterocycles. The van der Waals surface area contributed by atoms with Crippen molar-refractivity contribution in [2.24, 2.45) is 23.3 Å². The van der Waals surface area contributed by atoms with E-state index in [1.54, 1.807) is 55.5 Å². The highest BCUT2D eigenvalue weighted by molar-refractivity contribution is 7.09. The second-order valence-corrected chi connectivity index (χ2v) is 17.0. The first kappa shape index (κ1) is 50.4. The number of benzene rings is 2. The van der Waals surface area contributed by atoms with Crippen LogP contribution in [0.5, 0.6) is 0 Å². The second kappa shape index (κ2) is 27.1. The molecule has 8 N–H and O–H groups in total. The molecule has 2 aromatic carbocycles. The van der Waals surface area contributed by atoms with E-state index >= 15 is 0 Å². The van der Waals surface area contributed by atoms with Crippen LogP contribution in [0.1, 0.15) is 101 Å². The van der Waals surface area contributed by atoms with Crippen molar-refractivity contribution in [2.45, 2.75) is 135 Å². The van der Waals surface area contributed by atoms with Crippen molar-refractivity contribution in [1.29, 1.82) is 0 Å². The van der Waals surface area contributed by atoms with Crippen LogP contribution >= 0.6 is 11.3 Å². The van der Waals surface area contributed by atoms with Gasteiger partial charge in [0.15, 0.2) is 0 Å². The number of hydrogen-bond donors (Lipinski definition) is 6. The van der Waals surface area contributed by atoms with Crippen molar-refractivity contribution < 1.29 is 38.6 Å². The van der Waals surface area contributed by atoms with Crippen molar-refractivity contribution in [3.8, 4) is 0 Å². The first-order valence-corrected chi connectivity index (χ1v) is 22.3. The van der Waals surface area contributed by atoms with E-state index in [1.807, 2.05) is 50.4 Å². The van der Waals surface area contributed by atoms with Gasteiger partial charge in [0.2, 0.25) is 23.6 Å². The molecular formula is C46H66N6O8S. The van der Waals surface area contributed by atoms with Crippen molar-refractivity contribution in [3.63, 3.8) is 0 Å². The summed E-state index contributed by atoms with van der Waals surface area (Å²) in [5.41, 5.74) is 13.5. The summed E-state index contributed by atoms with van der Waals surface area (Å²) < 4.78 is 5.49. The Kier molecular flexibility index (Phi) is 22.4. The van der Waals surface area contributed by atoms with Gasteiger partial charge in [0.1, 0.15) is 18.7 Å². The number of carbonyl (C=O) groups excluding carboxylic acids is 6. The second-order valence-electron chi connectivity index (χ2n) is 16.0. The lowest BCUT2D eigenvalue weighted by Gasteiger charge is -2.38. The summed E-state index contributed by atoms with van der Waals surface area (Å²) in [6.45, 7) is 7.85. The third kappa shape index (κ3) is 17.9. The number of aliphatic hydroxyl groups is 1. The highest BCUT2D eigenvalue weighted by Gasteiger charge is 2.42. The molecule has 0 radical (unpaired) electrons. The van der Waals surface area contributed by atoms with Gasteiger partial charge < -0.3 is 31.9 Å². The Morgan fingerprint density at radius 1 is 0.787 bits per heavy atom. The number of nitrogens with one attached hydrogen (secondary N) is 3. The average Bonchev–Trinajstić information content (AvgIpc) is 3.76. The van der Waals surface area contributed by atoms with Gasteiger partial charge in [0.25, 0.3) is 5.91 Å². The van der Waals surface area contributed by atoms with Crippen molar-refractivity contribution >= 4 is 47.0 Å². The number of carbonyl (C=O) groups is 6. The van der Waals surface area contributed by atoms with Crippen LogP contribution in [0.3, 0.4) is 0 Å². The van der Waals surface area contributed by atoms with Gasteiger partial charge in [-0.15, -0.1) is 11.3 Å². The quantitative estimate of drug-likeness (QED) is 0.0583. The van der Waals surface area contributed by atoms with Crippen LogP contribution in [0.2, 0.25) is 0 Å². The SMILES string of the molecule is CC[C@H](C)[C@H](NC(=O)C[C@H](O)[C@H](CC(C)C)N(C(=O)[C@H](Cc1ccccc1)NC(=O)OCc1ccccc1)C(=O)[C@@H](N)Cc1cccs1)C(=O)NC(=O)CCCCCCCN. The van der Waals surface area contributed by atoms with Crippen molar-refractivity contribution in [1.82, 2.24) is 20.9 Å². The summed E-state index contributed by atoms with van der Waals surface area (Å²) in [5.74, 6) is -4.04. The number of hydrogen-bond acceptors (Lipinski definition) is 11. The van der Waals surface area contributed by atoms with E-state index in [1.165, 1.54) is 11.3 Å². The van der Waals surface area contributed by atoms with E-state index in [-0.39, 0.29) is 44.1 Å². The maximum absolute atomic E-state index is 14.9. The van der Waals surface area contributed by atoms with Gasteiger partial charge in [0.05, 0.1) is 24.6 Å². The molecule has 3 rings (SSSR count). The molecular weight excluding hydrogens is 797 g/mol. The number of imide groups is 2. The molecule has 15 heteroatoms. The van der Waals surface area contributed by atoms with Gasteiger partial charge in [0, 0.05) is 24.1 Å². The molecule has 0 fully saturated rings. The van der Waals surface area contributed by atoms with Crippen LogP contribution in [0.15, 0.2) is 78.2 Å². The summed E-state index contributed by atoms with van der Waals surface area (Å²) in [5, 5.41) is 21.6. The van der Waals surface area contributed by atoms with E-state index < -0.39 is 72.3 Å². The summed E-state index contributed by atoms with van der Waals surface area (Å²) >= 11 is 1.40. The molecule has 334 valence electrons. The monoisotopic (exact) mass is 862 g/mol. The van der Waals surface area contributed by atoms with Crippen LogP contribution in [-0.2, 0) is 48.2 Å². The third-order valence-electron chi connectivity index (χ3n) is 10.4. The maximum atomic E-state index is 14.9. The number of nitrogens with two attached hydrogens (primary N) is 2. The maximum Gasteiger partial charge on any atom is 0.408 e. The minimum atomic E-state index is -1.62. The minimum Gasteiger partial charge on any atom is -0.445 e. The smallest absolute Gasteiger partial charge is 0.408 e. The lowest BCUT2D eigenvalue weighted by Crippen LogP contribution is -2.61. The molecule has 0 spiro atoms. The number of rotatable bonds is 26. The van der Waals surface area contributed by atoms with Crippen LogP contribution in [0, 0.1) is 11.8 Å². The molecule has 0 saturated heterocycles. The number of aliphatic hydroxyl groups excluding tert-OH is 1. The molecule has 14 nitrogen and oxygen atoms in total. The first-order chi connectivity index (χ1) is 29.2. The fourth-order valence-electron chi connectivity index (χ4n) is 6.89. The summed E-state index contributed by atoms with van der Waals surface area (Å²) in [4.78, 5) is 84.3. The predicted molar refractivity (Wildman–Crippen MR) is 237 cm³/mol. The number of nitrogens with zero attached hydrogens (tertiary/aromatic N) is 1. The fraction of sp³-hybridized carbons (Fsp3) is 0.522. The van der Waals surface area contributed by atoms with E-state index in [9.17, 15) is 33.9 Å². The minimum absolute atomic E-state index is 0.0340. The Morgan fingerprint density at radius 2 is 1.43 bits per heavy atom. The van der Waals surface area contributed by atoms with Gasteiger partial charge in [-0.2, -0.15) is 0 Å². The van der Waals surface area contributed by atoms with Crippen LogP contribution in [-0.4, -0.2) is 82.5 Å². The molecule has 0 saturated carbocycles. The number of amides is 6. The highest BCUT2D eigenvalue weighted by atomic mass is 32.1. The average molecular weight is 863 g/mol. The van der Waals surface area contributed by atoms with Gasteiger partial charge in [-0.3, -0.25) is 34.2 Å². The fourth-order valence-corrected chi connectivity index (χ4v) is 7.65. The Balaban J connectivity index is 1.91. The first-order valence-electron chi connectivity index (χ1n) is 21.4. The van der Waals surface area contributed by atoms with Crippen molar-refractivity contribution in [3.05, 3.63) is 94.2 Å². The van der Waals surface area contributed by atoms with Crippen molar-refractivity contribution in [2.75, 3.05) is 6.54 Å². The Hall–Kier alpha value is -4.96.